The first kappa shape index (κ1) is 26.0. The normalized spacial score (nSPS) is 11.5. The number of sulfonamides is 2. The zero-order chi connectivity index (χ0) is 25.8. The van der Waals surface area contributed by atoms with Crippen molar-refractivity contribution in [2.24, 2.45) is 0 Å². The number of carbonyl (C=O) groups excluding carboxylic acids is 1. The molecule has 3 aromatic carbocycles. The Morgan fingerprint density at radius 3 is 2.11 bits per heavy atom. The van der Waals surface area contributed by atoms with E-state index in [1.165, 1.54) is 37.4 Å². The number of carbonyl (C=O) groups is 1. The predicted molar refractivity (Wildman–Crippen MR) is 137 cm³/mol. The molecule has 1 amide bonds. The Morgan fingerprint density at radius 1 is 0.886 bits per heavy atom. The third-order valence-electron chi connectivity index (χ3n) is 5.25. The molecular formula is C24H27N3O6S2. The van der Waals surface area contributed by atoms with E-state index >= 15 is 0 Å². The minimum absolute atomic E-state index is 0.0144. The summed E-state index contributed by atoms with van der Waals surface area (Å²) in [6, 6.07) is 17.3. The minimum atomic E-state index is -3.83. The van der Waals surface area contributed by atoms with E-state index in [2.05, 4.69) is 10.0 Å². The van der Waals surface area contributed by atoms with Gasteiger partial charge in [-0.2, -0.15) is 0 Å². The van der Waals surface area contributed by atoms with Crippen LogP contribution in [0.4, 0.5) is 17.1 Å². The van der Waals surface area contributed by atoms with Crippen LogP contribution in [-0.2, 0) is 24.8 Å². The summed E-state index contributed by atoms with van der Waals surface area (Å²) in [5, 5.41) is 2.59. The summed E-state index contributed by atoms with van der Waals surface area (Å²) in [6.45, 7) is 3.34. The SMILES string of the molecule is COc1ccccc1N(CC(=O)Nc1ccc(S(=O)(=O)Nc2ccc(C)c(C)c2)cc1)S(C)(=O)=O. The van der Waals surface area contributed by atoms with Crippen LogP contribution in [0.3, 0.4) is 0 Å². The van der Waals surface area contributed by atoms with Crippen LogP contribution in [0.5, 0.6) is 5.75 Å². The summed E-state index contributed by atoms with van der Waals surface area (Å²) in [5.74, 6) is -0.304. The first-order valence-corrected chi connectivity index (χ1v) is 13.8. The summed E-state index contributed by atoms with van der Waals surface area (Å²) in [4.78, 5) is 12.7. The van der Waals surface area contributed by atoms with Crippen molar-refractivity contribution in [2.75, 3.05) is 34.3 Å². The molecule has 0 fully saturated rings. The van der Waals surface area contributed by atoms with E-state index in [0.29, 0.717) is 17.1 Å². The highest BCUT2D eigenvalue weighted by Crippen LogP contribution is 2.29. The number of para-hydroxylation sites is 2. The average molecular weight is 518 g/mol. The number of nitrogens with zero attached hydrogens (tertiary/aromatic N) is 1. The van der Waals surface area contributed by atoms with Crippen molar-refractivity contribution in [3.8, 4) is 5.75 Å². The summed E-state index contributed by atoms with van der Waals surface area (Å²) >= 11 is 0. The van der Waals surface area contributed by atoms with Crippen molar-refractivity contribution in [3.63, 3.8) is 0 Å². The number of nitrogens with one attached hydrogen (secondary N) is 2. The molecule has 0 aromatic heterocycles. The van der Waals surface area contributed by atoms with Crippen LogP contribution in [0.1, 0.15) is 11.1 Å². The molecule has 0 bridgehead atoms. The van der Waals surface area contributed by atoms with E-state index in [9.17, 15) is 21.6 Å². The predicted octanol–water partition coefficient (Wildman–Crippen LogP) is 3.52. The van der Waals surface area contributed by atoms with Crippen LogP contribution in [0.15, 0.2) is 71.6 Å². The maximum Gasteiger partial charge on any atom is 0.261 e. The average Bonchev–Trinajstić information content (AvgIpc) is 2.79. The molecule has 0 aliphatic rings. The lowest BCUT2D eigenvalue weighted by Crippen LogP contribution is -2.37. The van der Waals surface area contributed by atoms with Gasteiger partial charge in [-0.25, -0.2) is 16.8 Å². The first-order chi connectivity index (χ1) is 16.4. The van der Waals surface area contributed by atoms with Gasteiger partial charge in [0.25, 0.3) is 10.0 Å². The Morgan fingerprint density at radius 2 is 1.51 bits per heavy atom. The van der Waals surface area contributed by atoms with Crippen LogP contribution < -0.4 is 19.1 Å². The van der Waals surface area contributed by atoms with Crippen LogP contribution >= 0.6 is 0 Å². The molecule has 2 N–H and O–H groups in total. The minimum Gasteiger partial charge on any atom is -0.495 e. The van der Waals surface area contributed by atoms with E-state index in [1.54, 1.807) is 30.3 Å². The topological polar surface area (TPSA) is 122 Å². The van der Waals surface area contributed by atoms with Crippen LogP contribution in [-0.4, -0.2) is 42.7 Å². The molecule has 3 rings (SSSR count). The Kier molecular flexibility index (Phi) is 7.71. The van der Waals surface area contributed by atoms with Gasteiger partial charge in [0.2, 0.25) is 15.9 Å². The summed E-state index contributed by atoms with van der Waals surface area (Å²) < 4.78 is 58.8. The van der Waals surface area contributed by atoms with Gasteiger partial charge < -0.3 is 10.1 Å². The van der Waals surface area contributed by atoms with E-state index < -0.39 is 32.5 Å². The lowest BCUT2D eigenvalue weighted by atomic mass is 10.1. The lowest BCUT2D eigenvalue weighted by molar-refractivity contribution is -0.114. The number of hydrogen-bond acceptors (Lipinski definition) is 6. The van der Waals surface area contributed by atoms with E-state index in [-0.39, 0.29) is 10.6 Å². The number of aryl methyl sites for hydroxylation is 2. The molecule has 0 saturated carbocycles. The molecule has 0 radical (unpaired) electrons. The molecule has 0 spiro atoms. The van der Waals surface area contributed by atoms with Gasteiger partial charge in [-0.05, 0) is 73.5 Å². The number of amides is 1. The molecule has 0 heterocycles. The fourth-order valence-corrected chi connectivity index (χ4v) is 5.19. The van der Waals surface area contributed by atoms with Gasteiger partial charge in [-0.1, -0.05) is 18.2 Å². The molecule has 186 valence electrons. The molecule has 0 unspecified atom stereocenters. The standard InChI is InChI=1S/C24H27N3O6S2/c1-17-9-10-20(15-18(17)2)26-35(31,32)21-13-11-19(12-14-21)25-24(28)16-27(34(4,29)30)22-7-5-6-8-23(22)33-3/h5-15,26H,16H2,1-4H3,(H,25,28). The van der Waals surface area contributed by atoms with Gasteiger partial charge in [0.1, 0.15) is 12.3 Å². The largest absolute Gasteiger partial charge is 0.495 e. The van der Waals surface area contributed by atoms with Crippen LogP contribution in [0.25, 0.3) is 0 Å². The Labute approximate surface area is 205 Å². The monoisotopic (exact) mass is 517 g/mol. The van der Waals surface area contributed by atoms with Crippen molar-refractivity contribution in [1.29, 1.82) is 0 Å². The maximum absolute atomic E-state index is 12.7. The fraction of sp³-hybridized carbons (Fsp3) is 0.208. The Hall–Kier alpha value is -3.57. The van der Waals surface area contributed by atoms with E-state index in [4.69, 9.17) is 4.74 Å². The Bertz CT molecular complexity index is 1440. The Balaban J connectivity index is 1.73. The molecule has 35 heavy (non-hydrogen) atoms. The van der Waals surface area contributed by atoms with Gasteiger partial charge in [0.15, 0.2) is 0 Å². The highest BCUT2D eigenvalue weighted by molar-refractivity contribution is 7.92. The van der Waals surface area contributed by atoms with Crippen molar-refractivity contribution in [1.82, 2.24) is 0 Å². The number of ether oxygens (including phenoxy) is 1. The summed E-state index contributed by atoms with van der Waals surface area (Å²) in [7, 11) is -6.22. The third-order valence-corrected chi connectivity index (χ3v) is 7.77. The lowest BCUT2D eigenvalue weighted by Gasteiger charge is -2.23. The highest BCUT2D eigenvalue weighted by atomic mass is 32.2. The van der Waals surface area contributed by atoms with Crippen LogP contribution in [0, 0.1) is 13.8 Å². The molecule has 0 aliphatic heterocycles. The molecular weight excluding hydrogens is 490 g/mol. The van der Waals surface area contributed by atoms with Crippen molar-refractivity contribution in [2.45, 2.75) is 18.7 Å². The second-order valence-electron chi connectivity index (χ2n) is 7.92. The zero-order valence-electron chi connectivity index (χ0n) is 19.8. The van der Waals surface area contributed by atoms with Crippen molar-refractivity contribution >= 4 is 43.0 Å². The number of rotatable bonds is 9. The van der Waals surface area contributed by atoms with Gasteiger partial charge >= 0.3 is 0 Å². The van der Waals surface area contributed by atoms with Gasteiger partial charge in [-0.3, -0.25) is 13.8 Å². The maximum atomic E-state index is 12.7. The molecule has 0 atom stereocenters. The number of anilines is 3. The molecule has 0 aliphatic carbocycles. The van der Waals surface area contributed by atoms with Gasteiger partial charge in [0, 0.05) is 11.4 Å². The molecule has 11 heteroatoms. The van der Waals surface area contributed by atoms with E-state index in [0.717, 1.165) is 21.7 Å². The fourth-order valence-electron chi connectivity index (χ4n) is 3.28. The van der Waals surface area contributed by atoms with Crippen molar-refractivity contribution in [3.05, 3.63) is 77.9 Å². The highest BCUT2D eigenvalue weighted by Gasteiger charge is 2.24. The molecule has 9 nitrogen and oxygen atoms in total. The number of methoxy groups -OCH3 is 1. The van der Waals surface area contributed by atoms with Gasteiger partial charge in [-0.15, -0.1) is 0 Å². The smallest absolute Gasteiger partial charge is 0.261 e. The van der Waals surface area contributed by atoms with Crippen LogP contribution in [0.2, 0.25) is 0 Å². The first-order valence-electron chi connectivity index (χ1n) is 10.5. The third kappa shape index (κ3) is 6.52. The number of benzene rings is 3. The van der Waals surface area contributed by atoms with Gasteiger partial charge in [0.05, 0.1) is 23.9 Å². The summed E-state index contributed by atoms with van der Waals surface area (Å²) in [6.07, 6.45) is 0.995. The molecule has 0 saturated heterocycles. The zero-order valence-corrected chi connectivity index (χ0v) is 21.4. The second kappa shape index (κ2) is 10.4. The second-order valence-corrected chi connectivity index (χ2v) is 11.5. The summed E-state index contributed by atoms with van der Waals surface area (Å²) in [5.41, 5.74) is 3.00. The quantitative estimate of drug-likeness (QED) is 0.448. The molecule has 3 aromatic rings. The number of hydrogen-bond donors (Lipinski definition) is 2. The van der Waals surface area contributed by atoms with Crippen molar-refractivity contribution < 1.29 is 26.4 Å². The van der Waals surface area contributed by atoms with E-state index in [1.807, 2.05) is 19.9 Å².